The molecule has 2 aromatic rings. The first-order valence-electron chi connectivity index (χ1n) is 7.39. The zero-order chi connectivity index (χ0) is 17.7. The van der Waals surface area contributed by atoms with Gasteiger partial charge in [0.2, 0.25) is 0 Å². The van der Waals surface area contributed by atoms with Crippen LogP contribution in [0.1, 0.15) is 23.6 Å². The molecule has 2 aromatic carbocycles. The van der Waals surface area contributed by atoms with Gasteiger partial charge in [-0.05, 0) is 73.9 Å². The van der Waals surface area contributed by atoms with Crippen LogP contribution in [0.4, 0.5) is 5.69 Å². The molecule has 2 amide bonds. The summed E-state index contributed by atoms with van der Waals surface area (Å²) in [6, 6.07) is 11.8. The monoisotopic (exact) mass is 325 g/mol. The predicted octanol–water partition coefficient (Wildman–Crippen LogP) is 2.49. The highest BCUT2D eigenvalue weighted by Crippen LogP contribution is 2.14. The summed E-state index contributed by atoms with van der Waals surface area (Å²) in [6.45, 7) is 5.58. The minimum Gasteiger partial charge on any atom is -0.508 e. The SMILES string of the molecule is C/C(=N\NC(=O)C(=O)Nc1ccc(C)c(C)c1)c1ccc(O)cc1. The molecule has 0 radical (unpaired) electrons. The van der Waals surface area contributed by atoms with E-state index < -0.39 is 11.8 Å². The van der Waals surface area contributed by atoms with E-state index in [4.69, 9.17) is 0 Å². The van der Waals surface area contributed by atoms with Crippen LogP contribution >= 0.6 is 0 Å². The van der Waals surface area contributed by atoms with Crippen molar-refractivity contribution in [3.63, 3.8) is 0 Å². The summed E-state index contributed by atoms with van der Waals surface area (Å²) in [7, 11) is 0. The maximum Gasteiger partial charge on any atom is 0.329 e. The average Bonchev–Trinajstić information content (AvgIpc) is 2.56. The molecular weight excluding hydrogens is 306 g/mol. The third kappa shape index (κ3) is 4.42. The van der Waals surface area contributed by atoms with Crippen LogP contribution in [0.15, 0.2) is 47.6 Å². The number of nitrogens with one attached hydrogen (secondary N) is 2. The molecule has 0 bridgehead atoms. The van der Waals surface area contributed by atoms with Gasteiger partial charge in [0.15, 0.2) is 0 Å². The van der Waals surface area contributed by atoms with E-state index in [9.17, 15) is 14.7 Å². The van der Waals surface area contributed by atoms with Crippen LogP contribution in [0, 0.1) is 13.8 Å². The highest BCUT2D eigenvalue weighted by Gasteiger charge is 2.13. The van der Waals surface area contributed by atoms with Crippen molar-refractivity contribution >= 4 is 23.2 Å². The fourth-order valence-electron chi connectivity index (χ4n) is 1.96. The lowest BCUT2D eigenvalue weighted by Gasteiger charge is -2.07. The summed E-state index contributed by atoms with van der Waals surface area (Å²) in [5.74, 6) is -1.50. The van der Waals surface area contributed by atoms with Crippen molar-refractivity contribution in [1.82, 2.24) is 5.43 Å². The molecule has 0 aromatic heterocycles. The number of rotatable bonds is 3. The quantitative estimate of drug-likeness (QED) is 0.460. The first kappa shape index (κ1) is 17.2. The number of carbonyl (C=O) groups is 2. The zero-order valence-electron chi connectivity index (χ0n) is 13.8. The van der Waals surface area contributed by atoms with Crippen LogP contribution in [-0.2, 0) is 9.59 Å². The van der Waals surface area contributed by atoms with E-state index >= 15 is 0 Å². The number of hydrogen-bond acceptors (Lipinski definition) is 4. The van der Waals surface area contributed by atoms with Gasteiger partial charge in [0.25, 0.3) is 0 Å². The predicted molar refractivity (Wildman–Crippen MR) is 93.0 cm³/mol. The molecule has 0 aliphatic carbocycles. The van der Waals surface area contributed by atoms with E-state index in [0.717, 1.165) is 16.7 Å². The number of amides is 2. The lowest BCUT2D eigenvalue weighted by atomic mass is 10.1. The van der Waals surface area contributed by atoms with Crippen LogP contribution in [-0.4, -0.2) is 22.6 Å². The Hall–Kier alpha value is -3.15. The van der Waals surface area contributed by atoms with Crippen molar-refractivity contribution in [2.75, 3.05) is 5.32 Å². The molecule has 0 heterocycles. The highest BCUT2D eigenvalue weighted by atomic mass is 16.3. The van der Waals surface area contributed by atoms with Crippen LogP contribution in [0.2, 0.25) is 0 Å². The second-order valence-electron chi connectivity index (χ2n) is 5.44. The number of aryl methyl sites for hydroxylation is 2. The van der Waals surface area contributed by atoms with Gasteiger partial charge < -0.3 is 10.4 Å². The summed E-state index contributed by atoms with van der Waals surface area (Å²) >= 11 is 0. The Bertz CT molecular complexity index is 796. The molecule has 2 rings (SSSR count). The fraction of sp³-hybridized carbons (Fsp3) is 0.167. The number of aromatic hydroxyl groups is 1. The first-order valence-corrected chi connectivity index (χ1v) is 7.39. The second-order valence-corrected chi connectivity index (χ2v) is 5.44. The summed E-state index contributed by atoms with van der Waals surface area (Å²) in [5, 5.41) is 15.7. The third-order valence-electron chi connectivity index (χ3n) is 3.58. The van der Waals surface area contributed by atoms with Gasteiger partial charge in [-0.15, -0.1) is 0 Å². The lowest BCUT2D eigenvalue weighted by Crippen LogP contribution is -2.33. The number of phenols is 1. The van der Waals surface area contributed by atoms with Gasteiger partial charge in [0, 0.05) is 5.69 Å². The normalized spacial score (nSPS) is 11.0. The molecule has 3 N–H and O–H groups in total. The van der Waals surface area contributed by atoms with Crippen molar-refractivity contribution in [1.29, 1.82) is 0 Å². The van der Waals surface area contributed by atoms with Crippen molar-refractivity contribution < 1.29 is 14.7 Å². The zero-order valence-corrected chi connectivity index (χ0v) is 13.8. The van der Waals surface area contributed by atoms with E-state index in [2.05, 4.69) is 15.8 Å². The molecule has 0 aliphatic heterocycles. The molecule has 0 saturated carbocycles. The van der Waals surface area contributed by atoms with Crippen LogP contribution < -0.4 is 10.7 Å². The van der Waals surface area contributed by atoms with E-state index in [0.29, 0.717) is 11.4 Å². The van der Waals surface area contributed by atoms with Gasteiger partial charge in [0.1, 0.15) is 5.75 Å². The van der Waals surface area contributed by atoms with Crippen LogP contribution in [0.3, 0.4) is 0 Å². The lowest BCUT2D eigenvalue weighted by molar-refractivity contribution is -0.136. The van der Waals surface area contributed by atoms with Crippen molar-refractivity contribution in [2.45, 2.75) is 20.8 Å². The van der Waals surface area contributed by atoms with Gasteiger partial charge in [-0.3, -0.25) is 9.59 Å². The van der Waals surface area contributed by atoms with Crippen LogP contribution in [0.5, 0.6) is 5.75 Å². The minimum absolute atomic E-state index is 0.142. The summed E-state index contributed by atoms with van der Waals surface area (Å²) < 4.78 is 0. The van der Waals surface area contributed by atoms with Crippen molar-refractivity contribution in [2.24, 2.45) is 5.10 Å². The maximum atomic E-state index is 11.9. The smallest absolute Gasteiger partial charge is 0.329 e. The molecule has 6 heteroatoms. The number of nitrogens with zero attached hydrogens (tertiary/aromatic N) is 1. The minimum atomic E-state index is -0.855. The van der Waals surface area contributed by atoms with E-state index in [1.807, 2.05) is 19.9 Å². The number of hydrazone groups is 1. The summed E-state index contributed by atoms with van der Waals surface area (Å²) in [6.07, 6.45) is 0. The number of phenolic OH excluding ortho intramolecular Hbond substituents is 1. The fourth-order valence-corrected chi connectivity index (χ4v) is 1.96. The molecule has 0 atom stereocenters. The third-order valence-corrected chi connectivity index (χ3v) is 3.58. The molecular formula is C18H19N3O3. The Balaban J connectivity index is 1.98. The number of anilines is 1. The van der Waals surface area contributed by atoms with E-state index in [1.165, 1.54) is 12.1 Å². The first-order chi connectivity index (χ1) is 11.4. The van der Waals surface area contributed by atoms with Gasteiger partial charge in [-0.1, -0.05) is 6.07 Å². The molecule has 0 fully saturated rings. The number of benzene rings is 2. The van der Waals surface area contributed by atoms with Gasteiger partial charge >= 0.3 is 11.8 Å². The van der Waals surface area contributed by atoms with Gasteiger partial charge in [0.05, 0.1) is 5.71 Å². The molecule has 6 nitrogen and oxygen atoms in total. The maximum absolute atomic E-state index is 11.9. The Kier molecular flexibility index (Phi) is 5.31. The molecule has 24 heavy (non-hydrogen) atoms. The van der Waals surface area contributed by atoms with Gasteiger partial charge in [-0.25, -0.2) is 5.43 Å². The van der Waals surface area contributed by atoms with Gasteiger partial charge in [-0.2, -0.15) is 5.10 Å². The molecule has 0 saturated heterocycles. The Morgan fingerprint density at radius 1 is 0.958 bits per heavy atom. The topological polar surface area (TPSA) is 90.8 Å². The van der Waals surface area contributed by atoms with Crippen molar-refractivity contribution in [3.8, 4) is 5.75 Å². The molecule has 0 spiro atoms. The molecule has 0 unspecified atom stereocenters. The number of hydrogen-bond donors (Lipinski definition) is 3. The largest absolute Gasteiger partial charge is 0.508 e. The van der Waals surface area contributed by atoms with E-state index in [-0.39, 0.29) is 5.75 Å². The summed E-state index contributed by atoms with van der Waals surface area (Å²) in [4.78, 5) is 23.7. The second kappa shape index (κ2) is 7.41. The highest BCUT2D eigenvalue weighted by molar-refractivity contribution is 6.39. The standard InChI is InChI=1S/C18H19N3O3/c1-11-4-7-15(10-12(11)2)19-17(23)18(24)21-20-13(3)14-5-8-16(22)9-6-14/h4-10,22H,1-3H3,(H,19,23)(H,21,24)/b20-13+. The Morgan fingerprint density at radius 3 is 2.25 bits per heavy atom. The summed E-state index contributed by atoms with van der Waals surface area (Å²) in [5.41, 5.74) is 6.14. The Morgan fingerprint density at radius 2 is 1.62 bits per heavy atom. The molecule has 0 aliphatic rings. The molecule has 124 valence electrons. The Labute approximate surface area is 140 Å². The number of carbonyl (C=O) groups excluding carboxylic acids is 2. The van der Waals surface area contributed by atoms with Crippen molar-refractivity contribution in [3.05, 3.63) is 59.2 Å². The van der Waals surface area contributed by atoms with Crippen LogP contribution in [0.25, 0.3) is 0 Å². The van der Waals surface area contributed by atoms with E-state index in [1.54, 1.807) is 31.2 Å². The average molecular weight is 325 g/mol.